The van der Waals surface area contributed by atoms with Gasteiger partial charge in [-0.05, 0) is 39.5 Å². The van der Waals surface area contributed by atoms with Gasteiger partial charge in [-0.25, -0.2) is 4.79 Å². The van der Waals surface area contributed by atoms with E-state index in [-0.39, 0.29) is 17.6 Å². The van der Waals surface area contributed by atoms with Crippen LogP contribution in [0.2, 0.25) is 0 Å². The lowest BCUT2D eigenvalue weighted by molar-refractivity contribution is -0.190. The molecule has 0 radical (unpaired) electrons. The average molecular weight is 255 g/mol. The Morgan fingerprint density at radius 3 is 2.83 bits per heavy atom. The maximum absolute atomic E-state index is 11.8. The van der Waals surface area contributed by atoms with Crippen molar-refractivity contribution in [1.82, 2.24) is 5.32 Å². The highest BCUT2D eigenvalue weighted by atomic mass is 16.6. The first kappa shape index (κ1) is 13.8. The van der Waals surface area contributed by atoms with Gasteiger partial charge in [-0.15, -0.1) is 0 Å². The van der Waals surface area contributed by atoms with Gasteiger partial charge >= 0.3 is 5.97 Å². The number of hydrogen-bond donors (Lipinski definition) is 1. The second-order valence-electron chi connectivity index (χ2n) is 6.20. The van der Waals surface area contributed by atoms with Crippen LogP contribution in [0.25, 0.3) is 0 Å². The summed E-state index contributed by atoms with van der Waals surface area (Å²) in [5.41, 5.74) is -0.0690. The molecule has 0 aromatic heterocycles. The predicted octanol–water partition coefficient (Wildman–Crippen LogP) is 2.08. The molecule has 0 amide bonds. The van der Waals surface area contributed by atoms with E-state index in [1.165, 1.54) is 12.8 Å². The molecule has 2 fully saturated rings. The molecular weight excluding hydrogens is 230 g/mol. The molecule has 4 heteroatoms. The first-order chi connectivity index (χ1) is 8.44. The summed E-state index contributed by atoms with van der Waals surface area (Å²) in [5.74, 6) is 0.879. The molecule has 0 aromatic carbocycles. The minimum absolute atomic E-state index is 0.0690. The molecule has 1 saturated carbocycles. The Kier molecular flexibility index (Phi) is 3.97. The molecule has 1 aliphatic carbocycles. The van der Waals surface area contributed by atoms with E-state index in [1.54, 1.807) is 0 Å². The second-order valence-corrected chi connectivity index (χ2v) is 6.20. The molecule has 2 rings (SSSR count). The third-order valence-corrected chi connectivity index (χ3v) is 4.30. The fraction of sp³-hybridized carbons (Fsp3) is 0.929. The number of nitrogens with one attached hydrogen (secondary N) is 1. The maximum atomic E-state index is 11.8. The van der Waals surface area contributed by atoms with Crippen molar-refractivity contribution < 1.29 is 14.3 Å². The fourth-order valence-corrected chi connectivity index (χ4v) is 3.29. The van der Waals surface area contributed by atoms with E-state index in [0.29, 0.717) is 18.4 Å². The number of fused-ring (bicyclic) bond motifs is 1. The zero-order chi connectivity index (χ0) is 13.3. The van der Waals surface area contributed by atoms with Crippen LogP contribution in [0, 0.1) is 11.8 Å². The van der Waals surface area contributed by atoms with Gasteiger partial charge in [0.15, 0.2) is 0 Å². The summed E-state index contributed by atoms with van der Waals surface area (Å²) in [5, 5.41) is 3.29. The summed E-state index contributed by atoms with van der Waals surface area (Å²) in [6, 6.07) is 0. The van der Waals surface area contributed by atoms with Crippen LogP contribution in [0.4, 0.5) is 0 Å². The molecule has 4 atom stereocenters. The van der Waals surface area contributed by atoms with Crippen molar-refractivity contribution >= 4 is 5.97 Å². The number of carbonyl (C=O) groups is 1. The summed E-state index contributed by atoms with van der Waals surface area (Å²) in [7, 11) is 0. The third-order valence-electron chi connectivity index (χ3n) is 4.30. The van der Waals surface area contributed by atoms with Crippen LogP contribution >= 0.6 is 0 Å². The van der Waals surface area contributed by atoms with Crippen molar-refractivity contribution in [1.29, 1.82) is 0 Å². The largest absolute Gasteiger partial charge is 0.463 e. The SMILES string of the molecule is CCOC(=O)[C@H]1NC(C)(C)[C@@H]2CC[C@@H](C)C[C@H]2O1. The van der Waals surface area contributed by atoms with E-state index in [0.717, 1.165) is 6.42 Å². The lowest BCUT2D eigenvalue weighted by Gasteiger charge is -2.50. The van der Waals surface area contributed by atoms with E-state index >= 15 is 0 Å². The minimum atomic E-state index is -0.605. The molecule has 0 spiro atoms. The van der Waals surface area contributed by atoms with Crippen molar-refractivity contribution in [2.75, 3.05) is 6.61 Å². The molecular formula is C14H25NO3. The highest BCUT2D eigenvalue weighted by molar-refractivity contribution is 5.74. The summed E-state index contributed by atoms with van der Waals surface area (Å²) in [4.78, 5) is 11.8. The van der Waals surface area contributed by atoms with Gasteiger partial charge in [0.1, 0.15) is 0 Å². The van der Waals surface area contributed by atoms with Crippen molar-refractivity contribution in [3.63, 3.8) is 0 Å². The van der Waals surface area contributed by atoms with Crippen LogP contribution in [0.5, 0.6) is 0 Å². The molecule has 1 N–H and O–H groups in total. The number of carbonyl (C=O) groups excluding carboxylic acids is 1. The van der Waals surface area contributed by atoms with Crippen molar-refractivity contribution in [3.8, 4) is 0 Å². The van der Waals surface area contributed by atoms with Gasteiger partial charge in [0.05, 0.1) is 12.7 Å². The van der Waals surface area contributed by atoms with Crippen LogP contribution in [0.3, 0.4) is 0 Å². The van der Waals surface area contributed by atoms with E-state index < -0.39 is 6.23 Å². The lowest BCUT2D eigenvalue weighted by atomic mass is 9.70. The average Bonchev–Trinajstić information content (AvgIpc) is 2.27. The van der Waals surface area contributed by atoms with E-state index in [1.807, 2.05) is 6.92 Å². The Labute approximate surface area is 109 Å². The number of esters is 1. The Balaban J connectivity index is 2.09. The smallest absolute Gasteiger partial charge is 0.350 e. The lowest BCUT2D eigenvalue weighted by Crippen LogP contribution is -2.64. The molecule has 104 valence electrons. The Hall–Kier alpha value is -0.610. The van der Waals surface area contributed by atoms with Crippen molar-refractivity contribution in [2.24, 2.45) is 11.8 Å². The summed E-state index contributed by atoms with van der Waals surface area (Å²) >= 11 is 0. The fourth-order valence-electron chi connectivity index (χ4n) is 3.29. The first-order valence-electron chi connectivity index (χ1n) is 7.04. The van der Waals surface area contributed by atoms with Gasteiger partial charge in [0, 0.05) is 11.5 Å². The maximum Gasteiger partial charge on any atom is 0.350 e. The Morgan fingerprint density at radius 2 is 2.17 bits per heavy atom. The highest BCUT2D eigenvalue weighted by Crippen LogP contribution is 2.40. The molecule has 4 nitrogen and oxygen atoms in total. The van der Waals surface area contributed by atoms with Crippen LogP contribution in [0.1, 0.15) is 47.0 Å². The molecule has 1 aliphatic heterocycles. The number of ether oxygens (including phenoxy) is 2. The molecule has 0 unspecified atom stereocenters. The zero-order valence-corrected chi connectivity index (χ0v) is 11.9. The third kappa shape index (κ3) is 2.69. The molecule has 2 aliphatic rings. The van der Waals surface area contributed by atoms with Gasteiger partial charge in [-0.3, -0.25) is 5.32 Å². The van der Waals surface area contributed by atoms with Crippen LogP contribution in [-0.2, 0) is 14.3 Å². The normalized spacial score (nSPS) is 38.9. The molecule has 0 aromatic rings. The highest BCUT2D eigenvalue weighted by Gasteiger charge is 2.47. The minimum Gasteiger partial charge on any atom is -0.463 e. The van der Waals surface area contributed by atoms with E-state index in [9.17, 15) is 4.79 Å². The molecule has 0 bridgehead atoms. The second kappa shape index (κ2) is 5.17. The number of rotatable bonds is 2. The number of hydrogen-bond acceptors (Lipinski definition) is 4. The van der Waals surface area contributed by atoms with Gasteiger partial charge < -0.3 is 9.47 Å². The summed E-state index contributed by atoms with van der Waals surface area (Å²) < 4.78 is 11.0. The van der Waals surface area contributed by atoms with Crippen molar-refractivity contribution in [2.45, 2.75) is 64.8 Å². The zero-order valence-electron chi connectivity index (χ0n) is 11.9. The van der Waals surface area contributed by atoms with Gasteiger partial charge in [-0.2, -0.15) is 0 Å². The van der Waals surface area contributed by atoms with Crippen LogP contribution in [0.15, 0.2) is 0 Å². The predicted molar refractivity (Wildman–Crippen MR) is 69.0 cm³/mol. The van der Waals surface area contributed by atoms with Gasteiger partial charge in [0.25, 0.3) is 0 Å². The summed E-state index contributed by atoms with van der Waals surface area (Å²) in [6.45, 7) is 8.79. The van der Waals surface area contributed by atoms with Gasteiger partial charge in [-0.1, -0.05) is 13.3 Å². The quantitative estimate of drug-likeness (QED) is 0.767. The molecule has 1 saturated heterocycles. The van der Waals surface area contributed by atoms with Crippen molar-refractivity contribution in [3.05, 3.63) is 0 Å². The monoisotopic (exact) mass is 255 g/mol. The topological polar surface area (TPSA) is 47.6 Å². The standard InChI is InChI=1S/C14H25NO3/c1-5-17-13(16)12-15-14(3,4)10-7-6-9(2)8-11(10)18-12/h9-12,15H,5-8H2,1-4H3/t9-,10-,11-,12+/m1/s1. The molecule has 18 heavy (non-hydrogen) atoms. The van der Waals surface area contributed by atoms with E-state index in [2.05, 4.69) is 26.1 Å². The summed E-state index contributed by atoms with van der Waals surface area (Å²) in [6.07, 6.45) is 3.04. The van der Waals surface area contributed by atoms with Crippen LogP contribution in [-0.4, -0.2) is 30.4 Å². The Bertz CT molecular complexity index is 316. The first-order valence-corrected chi connectivity index (χ1v) is 7.04. The van der Waals surface area contributed by atoms with Gasteiger partial charge in [0.2, 0.25) is 6.23 Å². The molecule has 1 heterocycles. The Morgan fingerprint density at radius 1 is 1.44 bits per heavy atom. The van der Waals surface area contributed by atoms with E-state index in [4.69, 9.17) is 9.47 Å². The van der Waals surface area contributed by atoms with Crippen LogP contribution < -0.4 is 5.32 Å².